The van der Waals surface area contributed by atoms with Crippen LogP contribution in [0.4, 0.5) is 0 Å². The van der Waals surface area contributed by atoms with Gasteiger partial charge in [-0.1, -0.05) is 35.0 Å². The van der Waals surface area contributed by atoms with E-state index in [4.69, 9.17) is 5.41 Å². The molecule has 0 aromatic heterocycles. The summed E-state index contributed by atoms with van der Waals surface area (Å²) < 4.78 is 0.966. The topological polar surface area (TPSA) is 56.2 Å². The Bertz CT molecular complexity index is 517. The minimum atomic E-state index is -0.551. The third kappa shape index (κ3) is 1.92. The lowest BCUT2D eigenvalue weighted by Crippen LogP contribution is -2.62. The number of rotatable bonds is 1. The molecule has 1 aromatic carbocycles. The first-order chi connectivity index (χ1) is 8.36. The molecule has 1 aromatic rings. The predicted molar refractivity (Wildman–Crippen MR) is 74.3 cm³/mol. The molecule has 18 heavy (non-hydrogen) atoms. The molecule has 2 atom stereocenters. The zero-order valence-corrected chi connectivity index (χ0v) is 12.2. The molecule has 0 aliphatic carbocycles. The second kappa shape index (κ2) is 4.39. The molecule has 96 valence electrons. The summed E-state index contributed by atoms with van der Waals surface area (Å²) in [6.07, 6.45) is 0. The van der Waals surface area contributed by atoms with Gasteiger partial charge in [-0.3, -0.25) is 15.1 Å². The van der Waals surface area contributed by atoms with Crippen molar-refractivity contribution in [3.05, 3.63) is 34.3 Å². The summed E-state index contributed by atoms with van der Waals surface area (Å²) in [5.74, 6) is -0.132. The number of nitrogens with zero attached hydrogens (tertiary/aromatic N) is 1. The van der Waals surface area contributed by atoms with Crippen LogP contribution in [0.3, 0.4) is 0 Å². The van der Waals surface area contributed by atoms with E-state index in [0.717, 1.165) is 10.0 Å². The summed E-state index contributed by atoms with van der Waals surface area (Å²) in [7, 11) is 1.62. The van der Waals surface area contributed by atoms with Crippen LogP contribution in [0.25, 0.3) is 0 Å². The minimum Gasteiger partial charge on any atom is -0.346 e. The van der Waals surface area contributed by atoms with Gasteiger partial charge in [0.2, 0.25) is 5.91 Å². The summed E-state index contributed by atoms with van der Waals surface area (Å²) in [4.78, 5) is 13.5. The number of nitrogens with one attached hydrogen (secondary N) is 2. The van der Waals surface area contributed by atoms with E-state index >= 15 is 0 Å². The Kier molecular flexibility index (Phi) is 3.19. The van der Waals surface area contributed by atoms with Crippen LogP contribution in [0.15, 0.2) is 28.7 Å². The van der Waals surface area contributed by atoms with Gasteiger partial charge in [-0.25, -0.2) is 0 Å². The Morgan fingerprint density at radius 3 is 2.78 bits per heavy atom. The van der Waals surface area contributed by atoms with Gasteiger partial charge < -0.3 is 5.32 Å². The SMILES string of the molecule is C[C@H]1C(=O)N(C)C(=N)N[C@]1(C)c1cccc(Br)c1. The van der Waals surface area contributed by atoms with E-state index < -0.39 is 5.54 Å². The number of guanidine groups is 1. The number of hydrogen-bond acceptors (Lipinski definition) is 2. The van der Waals surface area contributed by atoms with Crippen LogP contribution >= 0.6 is 15.9 Å². The largest absolute Gasteiger partial charge is 0.346 e. The first kappa shape index (κ1) is 13.1. The predicted octanol–water partition coefficient (Wildman–Crippen LogP) is 2.30. The van der Waals surface area contributed by atoms with Crippen molar-refractivity contribution in [2.45, 2.75) is 19.4 Å². The molecule has 0 spiro atoms. The number of halogens is 1. The molecule has 2 rings (SSSR count). The van der Waals surface area contributed by atoms with Gasteiger partial charge in [0.1, 0.15) is 0 Å². The Balaban J connectivity index is 2.47. The maximum absolute atomic E-state index is 12.1. The number of amides is 1. The molecule has 2 N–H and O–H groups in total. The van der Waals surface area contributed by atoms with Gasteiger partial charge in [0.05, 0.1) is 11.5 Å². The van der Waals surface area contributed by atoms with Crippen molar-refractivity contribution in [3.8, 4) is 0 Å². The maximum atomic E-state index is 12.1. The summed E-state index contributed by atoms with van der Waals surface area (Å²) >= 11 is 3.44. The average Bonchev–Trinajstić information content (AvgIpc) is 2.34. The zero-order chi connectivity index (χ0) is 13.5. The highest BCUT2D eigenvalue weighted by molar-refractivity contribution is 9.10. The first-order valence-electron chi connectivity index (χ1n) is 5.76. The van der Waals surface area contributed by atoms with E-state index in [1.807, 2.05) is 38.1 Å². The van der Waals surface area contributed by atoms with Crippen LogP contribution in [0.2, 0.25) is 0 Å². The summed E-state index contributed by atoms with van der Waals surface area (Å²) in [6, 6.07) is 7.83. The van der Waals surface area contributed by atoms with Crippen molar-refractivity contribution in [1.82, 2.24) is 10.2 Å². The third-order valence-corrected chi connectivity index (χ3v) is 4.20. The molecule has 5 heteroatoms. The fourth-order valence-corrected chi connectivity index (χ4v) is 2.62. The lowest BCUT2D eigenvalue weighted by atomic mass is 9.78. The van der Waals surface area contributed by atoms with Crippen LogP contribution in [-0.2, 0) is 10.3 Å². The number of benzene rings is 1. The second-order valence-corrected chi connectivity index (χ2v) is 5.72. The third-order valence-electron chi connectivity index (χ3n) is 3.70. The van der Waals surface area contributed by atoms with Crippen LogP contribution in [0, 0.1) is 11.3 Å². The Morgan fingerprint density at radius 2 is 2.17 bits per heavy atom. The van der Waals surface area contributed by atoms with Crippen LogP contribution in [-0.4, -0.2) is 23.8 Å². The number of hydrogen-bond donors (Lipinski definition) is 2. The first-order valence-corrected chi connectivity index (χ1v) is 6.56. The fraction of sp³-hybridized carbons (Fsp3) is 0.385. The van der Waals surface area contributed by atoms with Gasteiger partial charge >= 0.3 is 0 Å². The molecular formula is C13H16BrN3O. The van der Waals surface area contributed by atoms with E-state index in [1.54, 1.807) is 7.05 Å². The molecular weight excluding hydrogens is 294 g/mol. The highest BCUT2D eigenvalue weighted by Gasteiger charge is 2.44. The zero-order valence-electron chi connectivity index (χ0n) is 10.6. The quantitative estimate of drug-likeness (QED) is 0.836. The Hall–Kier alpha value is -1.36. The monoisotopic (exact) mass is 309 g/mol. The lowest BCUT2D eigenvalue weighted by Gasteiger charge is -2.44. The molecule has 1 aliphatic rings. The van der Waals surface area contributed by atoms with E-state index in [1.165, 1.54) is 4.90 Å². The van der Waals surface area contributed by atoms with E-state index in [-0.39, 0.29) is 17.8 Å². The van der Waals surface area contributed by atoms with E-state index in [9.17, 15) is 4.79 Å². The molecule has 1 saturated heterocycles. The molecule has 0 unspecified atom stereocenters. The van der Waals surface area contributed by atoms with Crippen molar-refractivity contribution in [2.75, 3.05) is 7.05 Å². The Labute approximate surface area is 115 Å². The summed E-state index contributed by atoms with van der Waals surface area (Å²) in [6.45, 7) is 3.85. The number of carbonyl (C=O) groups excluding carboxylic acids is 1. The Morgan fingerprint density at radius 1 is 1.50 bits per heavy atom. The molecule has 0 radical (unpaired) electrons. The van der Waals surface area contributed by atoms with Crippen molar-refractivity contribution in [1.29, 1.82) is 5.41 Å². The normalized spacial score (nSPS) is 28.2. The molecule has 1 aliphatic heterocycles. The highest BCUT2D eigenvalue weighted by atomic mass is 79.9. The lowest BCUT2D eigenvalue weighted by molar-refractivity contribution is -0.134. The molecule has 0 bridgehead atoms. The summed E-state index contributed by atoms with van der Waals surface area (Å²) in [5.41, 5.74) is 0.445. The van der Waals surface area contributed by atoms with Crippen LogP contribution in [0.1, 0.15) is 19.4 Å². The number of carbonyl (C=O) groups is 1. The molecule has 4 nitrogen and oxygen atoms in total. The maximum Gasteiger partial charge on any atom is 0.234 e. The second-order valence-electron chi connectivity index (χ2n) is 4.81. The average molecular weight is 310 g/mol. The van der Waals surface area contributed by atoms with Gasteiger partial charge in [-0.2, -0.15) is 0 Å². The standard InChI is InChI=1S/C13H16BrN3O/c1-8-11(18)17(3)12(15)16-13(8,2)9-5-4-6-10(14)7-9/h4-8H,1-3H3,(H2,15,16)/t8-,13-/m0/s1. The van der Waals surface area contributed by atoms with Gasteiger partial charge in [0, 0.05) is 11.5 Å². The summed E-state index contributed by atoms with van der Waals surface area (Å²) in [5, 5.41) is 11.0. The van der Waals surface area contributed by atoms with Crippen molar-refractivity contribution >= 4 is 27.8 Å². The van der Waals surface area contributed by atoms with Crippen molar-refractivity contribution in [2.24, 2.45) is 5.92 Å². The molecule has 1 heterocycles. The van der Waals surface area contributed by atoms with Gasteiger partial charge in [-0.15, -0.1) is 0 Å². The van der Waals surface area contributed by atoms with Gasteiger partial charge in [0.25, 0.3) is 0 Å². The molecule has 1 fully saturated rings. The molecule has 1 amide bonds. The van der Waals surface area contributed by atoms with Crippen LogP contribution in [0.5, 0.6) is 0 Å². The smallest absolute Gasteiger partial charge is 0.234 e. The van der Waals surface area contributed by atoms with Gasteiger partial charge in [0.15, 0.2) is 5.96 Å². The molecule has 0 saturated carbocycles. The fourth-order valence-electron chi connectivity index (χ4n) is 2.22. The van der Waals surface area contributed by atoms with Crippen molar-refractivity contribution < 1.29 is 4.79 Å². The van der Waals surface area contributed by atoms with E-state index in [2.05, 4.69) is 21.2 Å². The minimum absolute atomic E-state index is 0.0405. The van der Waals surface area contributed by atoms with Crippen LogP contribution < -0.4 is 5.32 Å². The van der Waals surface area contributed by atoms with E-state index in [0.29, 0.717) is 0 Å². The highest BCUT2D eigenvalue weighted by Crippen LogP contribution is 2.34. The van der Waals surface area contributed by atoms with Crippen molar-refractivity contribution in [3.63, 3.8) is 0 Å². The van der Waals surface area contributed by atoms with Gasteiger partial charge in [-0.05, 0) is 24.6 Å².